The zero-order valence-electron chi connectivity index (χ0n) is 15.1. The van der Waals surface area contributed by atoms with Crippen LogP contribution in [0.15, 0.2) is 59.7 Å². The summed E-state index contributed by atoms with van der Waals surface area (Å²) in [6.07, 6.45) is 6.78. The lowest BCUT2D eigenvalue weighted by molar-refractivity contribution is -0.119. The van der Waals surface area contributed by atoms with Crippen molar-refractivity contribution in [2.45, 2.75) is 6.42 Å². The second-order valence-corrected chi connectivity index (χ2v) is 6.50. The van der Waals surface area contributed by atoms with E-state index >= 15 is 0 Å². The molecule has 3 N–H and O–H groups in total. The minimum absolute atomic E-state index is 0.0806. The Kier molecular flexibility index (Phi) is 6.12. The Morgan fingerprint density at radius 1 is 1.14 bits per heavy atom. The molecule has 0 heterocycles. The van der Waals surface area contributed by atoms with E-state index in [4.69, 9.17) is 18.0 Å². The second-order valence-electron chi connectivity index (χ2n) is 6.09. The van der Waals surface area contributed by atoms with Gasteiger partial charge in [-0.15, -0.1) is 0 Å². The average molecular weight is 406 g/mol. The number of nitrogens with one attached hydrogen (secondary N) is 2. The Labute approximate surface area is 172 Å². The van der Waals surface area contributed by atoms with E-state index < -0.39 is 5.91 Å². The fourth-order valence-corrected chi connectivity index (χ4v) is 3.00. The molecule has 0 aliphatic heterocycles. The van der Waals surface area contributed by atoms with Gasteiger partial charge in [-0.3, -0.25) is 14.9 Å². The van der Waals surface area contributed by atoms with Gasteiger partial charge in [0.25, 0.3) is 5.91 Å². The molecule has 2 amide bonds. The summed E-state index contributed by atoms with van der Waals surface area (Å²) in [5.41, 5.74) is 4.29. The van der Waals surface area contributed by atoms with E-state index in [0.717, 1.165) is 21.9 Å². The lowest BCUT2D eigenvalue weighted by Crippen LogP contribution is -2.19. The molecule has 0 bridgehead atoms. The molecule has 0 saturated heterocycles. The van der Waals surface area contributed by atoms with Gasteiger partial charge in [0.1, 0.15) is 5.75 Å². The highest BCUT2D eigenvalue weighted by Crippen LogP contribution is 2.24. The van der Waals surface area contributed by atoms with Gasteiger partial charge < -0.3 is 5.11 Å². The fraction of sp³-hybridized carbons (Fsp3) is 0.0455. The van der Waals surface area contributed by atoms with Crippen LogP contribution >= 0.6 is 11.6 Å². The van der Waals surface area contributed by atoms with E-state index in [2.05, 4.69) is 21.9 Å². The van der Waals surface area contributed by atoms with E-state index in [0.29, 0.717) is 0 Å². The number of hydrogen-bond acceptors (Lipinski definition) is 4. The standard InChI is InChI=1S/C22H16ClN3O3/c1-2-24-21(28)12-14-7-8-16(18-6-4-3-5-17(14)18)13-25-26-22(29)15-9-10-20(27)19(23)11-15/h1,3-11,13,27H,12H2,(H,24,28)(H,26,29)/b25-13+. The smallest absolute Gasteiger partial charge is 0.271 e. The van der Waals surface area contributed by atoms with Crippen molar-refractivity contribution < 1.29 is 14.7 Å². The van der Waals surface area contributed by atoms with E-state index in [1.165, 1.54) is 24.4 Å². The first-order valence-corrected chi connectivity index (χ1v) is 8.94. The van der Waals surface area contributed by atoms with Gasteiger partial charge in [0, 0.05) is 17.2 Å². The Hall–Kier alpha value is -3.82. The Balaban J connectivity index is 1.81. The predicted octanol–water partition coefficient (Wildman–Crippen LogP) is 3.21. The monoisotopic (exact) mass is 405 g/mol. The van der Waals surface area contributed by atoms with Crippen molar-refractivity contribution in [2.24, 2.45) is 5.10 Å². The van der Waals surface area contributed by atoms with Crippen LogP contribution in [0, 0.1) is 12.5 Å². The second kappa shape index (κ2) is 8.91. The lowest BCUT2D eigenvalue weighted by atomic mass is 9.98. The summed E-state index contributed by atoms with van der Waals surface area (Å²) >= 11 is 5.82. The van der Waals surface area contributed by atoms with Crippen molar-refractivity contribution in [3.05, 3.63) is 76.3 Å². The minimum Gasteiger partial charge on any atom is -0.506 e. The topological polar surface area (TPSA) is 90.8 Å². The molecule has 0 aromatic heterocycles. The Bertz CT molecular complexity index is 1170. The maximum Gasteiger partial charge on any atom is 0.271 e. The lowest BCUT2D eigenvalue weighted by Gasteiger charge is -2.08. The van der Waals surface area contributed by atoms with E-state index in [1.807, 2.05) is 36.4 Å². The van der Waals surface area contributed by atoms with Crippen LogP contribution in [0.4, 0.5) is 0 Å². The highest BCUT2D eigenvalue weighted by Gasteiger charge is 2.09. The maximum atomic E-state index is 12.2. The van der Waals surface area contributed by atoms with Crippen LogP contribution in [0.2, 0.25) is 5.02 Å². The van der Waals surface area contributed by atoms with Gasteiger partial charge in [-0.1, -0.05) is 54.4 Å². The summed E-state index contributed by atoms with van der Waals surface area (Å²) in [6.45, 7) is 0. The molecular weight excluding hydrogens is 390 g/mol. The molecule has 0 radical (unpaired) electrons. The summed E-state index contributed by atoms with van der Waals surface area (Å²) in [6, 6.07) is 17.5. The largest absolute Gasteiger partial charge is 0.506 e. The molecule has 0 unspecified atom stereocenters. The number of aromatic hydroxyl groups is 1. The zero-order valence-corrected chi connectivity index (χ0v) is 15.9. The van der Waals surface area contributed by atoms with Gasteiger partial charge in [0.15, 0.2) is 0 Å². The molecular formula is C22H16ClN3O3. The molecule has 0 spiro atoms. The normalized spacial score (nSPS) is 10.6. The Morgan fingerprint density at radius 2 is 1.90 bits per heavy atom. The van der Waals surface area contributed by atoms with Crippen molar-refractivity contribution in [3.63, 3.8) is 0 Å². The van der Waals surface area contributed by atoms with Crippen LogP contribution in [-0.4, -0.2) is 23.1 Å². The molecule has 7 heteroatoms. The molecule has 29 heavy (non-hydrogen) atoms. The number of hydrazone groups is 1. The number of halogens is 1. The molecule has 0 aliphatic carbocycles. The first kappa shape index (κ1) is 19.9. The molecule has 3 rings (SSSR count). The summed E-state index contributed by atoms with van der Waals surface area (Å²) in [4.78, 5) is 24.0. The number of nitrogens with zero attached hydrogens (tertiary/aromatic N) is 1. The van der Waals surface area contributed by atoms with Crippen LogP contribution in [0.5, 0.6) is 5.75 Å². The van der Waals surface area contributed by atoms with Gasteiger partial charge in [-0.05, 0) is 34.5 Å². The third kappa shape index (κ3) is 4.72. The summed E-state index contributed by atoms with van der Waals surface area (Å²) in [7, 11) is 0. The van der Waals surface area contributed by atoms with Gasteiger partial charge >= 0.3 is 0 Å². The quantitative estimate of drug-likeness (QED) is 0.263. The number of hydrogen-bond donors (Lipinski definition) is 3. The number of phenolic OH excluding ortho intramolecular Hbond substituents is 1. The first-order chi connectivity index (χ1) is 14.0. The summed E-state index contributed by atoms with van der Waals surface area (Å²) < 4.78 is 0. The van der Waals surface area contributed by atoms with Gasteiger partial charge in [-0.25, -0.2) is 5.43 Å². The first-order valence-electron chi connectivity index (χ1n) is 8.56. The summed E-state index contributed by atoms with van der Waals surface area (Å²) in [5, 5.41) is 17.6. The van der Waals surface area contributed by atoms with Crippen molar-refractivity contribution in [2.75, 3.05) is 0 Å². The van der Waals surface area contributed by atoms with Crippen molar-refractivity contribution >= 4 is 40.4 Å². The number of terminal acetylenes is 1. The third-order valence-electron chi connectivity index (χ3n) is 4.19. The number of rotatable bonds is 5. The number of phenols is 1. The van der Waals surface area contributed by atoms with E-state index in [9.17, 15) is 14.7 Å². The van der Waals surface area contributed by atoms with Crippen LogP contribution < -0.4 is 10.7 Å². The van der Waals surface area contributed by atoms with Crippen molar-refractivity contribution in [1.29, 1.82) is 0 Å². The fourth-order valence-electron chi connectivity index (χ4n) is 2.82. The van der Waals surface area contributed by atoms with Crippen molar-refractivity contribution in [3.8, 4) is 18.2 Å². The van der Waals surface area contributed by atoms with Gasteiger partial charge in [0.05, 0.1) is 17.7 Å². The molecule has 0 aliphatic rings. The molecule has 0 fully saturated rings. The molecule has 3 aromatic carbocycles. The minimum atomic E-state index is -0.463. The summed E-state index contributed by atoms with van der Waals surface area (Å²) in [5.74, 6) is -0.830. The van der Waals surface area contributed by atoms with E-state index in [1.54, 1.807) is 0 Å². The molecule has 0 saturated carbocycles. The van der Waals surface area contributed by atoms with Gasteiger partial charge in [-0.2, -0.15) is 5.10 Å². The highest BCUT2D eigenvalue weighted by atomic mass is 35.5. The molecule has 0 atom stereocenters. The van der Waals surface area contributed by atoms with Crippen LogP contribution in [0.1, 0.15) is 21.5 Å². The number of amides is 2. The van der Waals surface area contributed by atoms with Gasteiger partial charge in [0.2, 0.25) is 5.91 Å². The third-order valence-corrected chi connectivity index (χ3v) is 4.49. The van der Waals surface area contributed by atoms with Crippen molar-refractivity contribution in [1.82, 2.24) is 10.7 Å². The number of benzene rings is 3. The SMILES string of the molecule is C#CNC(=O)Cc1ccc(/C=N/NC(=O)c2ccc(O)c(Cl)c2)c2ccccc12. The average Bonchev–Trinajstić information content (AvgIpc) is 2.71. The number of fused-ring (bicyclic) bond motifs is 1. The number of carbonyl (C=O) groups excluding carboxylic acids is 2. The zero-order chi connectivity index (χ0) is 20.8. The number of carbonyl (C=O) groups is 2. The molecule has 3 aromatic rings. The molecule has 144 valence electrons. The maximum absolute atomic E-state index is 12.2. The highest BCUT2D eigenvalue weighted by molar-refractivity contribution is 6.32. The predicted molar refractivity (Wildman–Crippen MR) is 113 cm³/mol. The van der Waals surface area contributed by atoms with Crippen LogP contribution in [0.25, 0.3) is 10.8 Å². The van der Waals surface area contributed by atoms with E-state index in [-0.39, 0.29) is 28.7 Å². The van der Waals surface area contributed by atoms with Crippen LogP contribution in [-0.2, 0) is 11.2 Å². The Morgan fingerprint density at radius 3 is 2.62 bits per heavy atom. The molecule has 6 nitrogen and oxygen atoms in total. The van der Waals surface area contributed by atoms with Crippen LogP contribution in [0.3, 0.4) is 0 Å².